The van der Waals surface area contributed by atoms with E-state index in [1.54, 1.807) is 24.9 Å². The lowest BCUT2D eigenvalue weighted by Crippen LogP contribution is -2.26. The van der Waals surface area contributed by atoms with Crippen LogP contribution in [0.15, 0.2) is 42.5 Å². The van der Waals surface area contributed by atoms with Crippen LogP contribution in [-0.4, -0.2) is 18.8 Å². The van der Waals surface area contributed by atoms with Gasteiger partial charge < -0.3 is 4.74 Å². The largest absolute Gasteiger partial charge is 0.497 e. The molecule has 114 valence electrons. The van der Waals surface area contributed by atoms with Crippen LogP contribution in [0.2, 0.25) is 5.02 Å². The van der Waals surface area contributed by atoms with Crippen LogP contribution < -0.4 is 9.64 Å². The predicted octanol–water partition coefficient (Wildman–Crippen LogP) is 4.76. The highest BCUT2D eigenvalue weighted by Gasteiger charge is 2.37. The van der Waals surface area contributed by atoms with Crippen LogP contribution in [0.1, 0.15) is 28.2 Å². The quantitative estimate of drug-likeness (QED) is 0.807. The van der Waals surface area contributed by atoms with E-state index in [0.717, 1.165) is 22.8 Å². The fourth-order valence-electron chi connectivity index (χ4n) is 2.64. The van der Waals surface area contributed by atoms with Gasteiger partial charge in [0.05, 0.1) is 7.11 Å². The lowest BCUT2D eigenvalue weighted by molar-refractivity contribution is 0.0996. The Bertz CT molecular complexity index is 720. The molecule has 1 aliphatic heterocycles. The van der Waals surface area contributed by atoms with Gasteiger partial charge in [-0.15, -0.1) is 11.8 Å². The molecule has 0 fully saturated rings. The number of benzene rings is 2. The third-order valence-corrected chi connectivity index (χ3v) is 4.97. The molecule has 1 aliphatic rings. The third kappa shape index (κ3) is 2.57. The number of thioether (sulfide) groups is 1. The van der Waals surface area contributed by atoms with Gasteiger partial charge in [-0.05, 0) is 35.6 Å². The van der Waals surface area contributed by atoms with Crippen LogP contribution >= 0.6 is 23.4 Å². The van der Waals surface area contributed by atoms with E-state index in [0.29, 0.717) is 10.6 Å². The van der Waals surface area contributed by atoms with Crippen LogP contribution in [0.5, 0.6) is 5.75 Å². The van der Waals surface area contributed by atoms with Crippen molar-refractivity contribution in [3.8, 4) is 5.75 Å². The minimum Gasteiger partial charge on any atom is -0.497 e. The number of hydrogen-bond acceptors (Lipinski definition) is 3. The molecule has 3 nitrogen and oxygen atoms in total. The van der Waals surface area contributed by atoms with Gasteiger partial charge in [0.25, 0.3) is 5.91 Å². The molecule has 2 aromatic rings. The van der Waals surface area contributed by atoms with Gasteiger partial charge in [-0.3, -0.25) is 9.69 Å². The van der Waals surface area contributed by atoms with E-state index in [2.05, 4.69) is 6.92 Å². The molecule has 1 atom stereocenters. The first-order valence-corrected chi connectivity index (χ1v) is 8.47. The van der Waals surface area contributed by atoms with Gasteiger partial charge in [0, 0.05) is 22.3 Å². The Morgan fingerprint density at radius 1 is 1.27 bits per heavy atom. The minimum absolute atomic E-state index is 0.0169. The molecule has 2 aromatic carbocycles. The summed E-state index contributed by atoms with van der Waals surface area (Å²) >= 11 is 7.79. The van der Waals surface area contributed by atoms with E-state index in [1.807, 2.05) is 41.3 Å². The maximum Gasteiger partial charge on any atom is 0.259 e. The van der Waals surface area contributed by atoms with Crippen molar-refractivity contribution in [2.45, 2.75) is 12.3 Å². The SMILES string of the molecule is CCSC1c2ccc(Cl)cc2C(=O)N1c1cccc(OC)c1. The van der Waals surface area contributed by atoms with E-state index in [1.165, 1.54) is 0 Å². The first-order chi connectivity index (χ1) is 10.7. The summed E-state index contributed by atoms with van der Waals surface area (Å²) < 4.78 is 5.28. The standard InChI is InChI=1S/C17H16ClNO2S/c1-3-22-17-14-8-7-11(18)9-15(14)16(20)19(17)12-5-4-6-13(10-12)21-2/h4-10,17H,3H2,1-2H3. The second-order valence-corrected chi connectivity index (χ2v) is 6.71. The van der Waals surface area contributed by atoms with Gasteiger partial charge in [-0.25, -0.2) is 0 Å². The van der Waals surface area contributed by atoms with Crippen LogP contribution in [0.4, 0.5) is 5.69 Å². The monoisotopic (exact) mass is 333 g/mol. The van der Waals surface area contributed by atoms with E-state index in [9.17, 15) is 4.79 Å². The number of carbonyl (C=O) groups is 1. The molecule has 0 radical (unpaired) electrons. The second kappa shape index (κ2) is 6.23. The fourth-order valence-corrected chi connectivity index (χ4v) is 3.88. The zero-order valence-corrected chi connectivity index (χ0v) is 13.9. The smallest absolute Gasteiger partial charge is 0.259 e. The van der Waals surface area contributed by atoms with E-state index >= 15 is 0 Å². The molecule has 0 N–H and O–H groups in total. The Labute approximate surface area is 139 Å². The van der Waals surface area contributed by atoms with Crippen LogP contribution in [0.3, 0.4) is 0 Å². The Morgan fingerprint density at radius 3 is 2.82 bits per heavy atom. The average molecular weight is 334 g/mol. The lowest BCUT2D eigenvalue weighted by atomic mass is 10.1. The number of fused-ring (bicyclic) bond motifs is 1. The van der Waals surface area contributed by atoms with Crippen LogP contribution in [0, 0.1) is 0 Å². The number of methoxy groups -OCH3 is 1. The number of nitrogens with zero attached hydrogens (tertiary/aromatic N) is 1. The highest BCUT2D eigenvalue weighted by Crippen LogP contribution is 2.45. The van der Waals surface area contributed by atoms with Crippen molar-refractivity contribution < 1.29 is 9.53 Å². The first kappa shape index (κ1) is 15.3. The third-order valence-electron chi connectivity index (χ3n) is 3.62. The van der Waals surface area contributed by atoms with Crippen molar-refractivity contribution >= 4 is 35.0 Å². The maximum absolute atomic E-state index is 12.8. The van der Waals surface area contributed by atoms with Gasteiger partial charge in [-0.1, -0.05) is 30.7 Å². The highest BCUT2D eigenvalue weighted by molar-refractivity contribution is 7.99. The predicted molar refractivity (Wildman–Crippen MR) is 92.1 cm³/mol. The van der Waals surface area contributed by atoms with Gasteiger partial charge in [0.15, 0.2) is 0 Å². The average Bonchev–Trinajstić information content (AvgIpc) is 2.80. The van der Waals surface area contributed by atoms with E-state index in [-0.39, 0.29) is 11.3 Å². The molecule has 3 rings (SSSR count). The number of ether oxygens (including phenoxy) is 1. The number of rotatable bonds is 4. The summed E-state index contributed by atoms with van der Waals surface area (Å²) in [4.78, 5) is 14.7. The number of hydrogen-bond donors (Lipinski definition) is 0. The molecule has 0 aromatic heterocycles. The highest BCUT2D eigenvalue weighted by atomic mass is 35.5. The molecule has 0 bridgehead atoms. The summed E-state index contributed by atoms with van der Waals surface area (Å²) in [5, 5.41) is 0.553. The van der Waals surface area contributed by atoms with E-state index in [4.69, 9.17) is 16.3 Å². The molecule has 1 unspecified atom stereocenters. The molecular formula is C17H16ClNO2S. The Kier molecular flexibility index (Phi) is 4.32. The molecule has 5 heteroatoms. The molecule has 0 aliphatic carbocycles. The van der Waals surface area contributed by atoms with Crippen LogP contribution in [0.25, 0.3) is 0 Å². The van der Waals surface area contributed by atoms with Gasteiger partial charge in [0.1, 0.15) is 11.1 Å². The Morgan fingerprint density at radius 2 is 2.09 bits per heavy atom. The Hall–Kier alpha value is -1.65. The first-order valence-electron chi connectivity index (χ1n) is 7.04. The van der Waals surface area contributed by atoms with Crippen molar-refractivity contribution in [3.05, 3.63) is 58.6 Å². The summed E-state index contributed by atoms with van der Waals surface area (Å²) in [5.41, 5.74) is 2.54. The van der Waals surface area contributed by atoms with Gasteiger partial charge in [0.2, 0.25) is 0 Å². The number of carbonyl (C=O) groups excluding carboxylic acids is 1. The summed E-state index contributed by atoms with van der Waals surface area (Å²) in [6, 6.07) is 13.1. The molecule has 0 saturated carbocycles. The van der Waals surface area contributed by atoms with Crippen molar-refractivity contribution in [2.75, 3.05) is 17.8 Å². The van der Waals surface area contributed by atoms with Crippen molar-refractivity contribution in [1.82, 2.24) is 0 Å². The minimum atomic E-state index is -0.0307. The molecule has 1 amide bonds. The molecule has 0 spiro atoms. The molecule has 22 heavy (non-hydrogen) atoms. The summed E-state index contributed by atoms with van der Waals surface area (Å²) in [7, 11) is 1.62. The van der Waals surface area contributed by atoms with Crippen molar-refractivity contribution in [2.24, 2.45) is 0 Å². The topological polar surface area (TPSA) is 29.5 Å². The number of amides is 1. The van der Waals surface area contributed by atoms with Gasteiger partial charge in [-0.2, -0.15) is 0 Å². The zero-order chi connectivity index (χ0) is 15.7. The van der Waals surface area contributed by atoms with E-state index < -0.39 is 0 Å². The summed E-state index contributed by atoms with van der Waals surface area (Å²) in [6.45, 7) is 2.09. The normalized spacial score (nSPS) is 16.8. The molecule has 1 heterocycles. The maximum atomic E-state index is 12.8. The van der Waals surface area contributed by atoms with Gasteiger partial charge >= 0.3 is 0 Å². The number of anilines is 1. The van der Waals surface area contributed by atoms with Crippen LogP contribution in [-0.2, 0) is 0 Å². The number of halogens is 1. The van der Waals surface area contributed by atoms with Crippen molar-refractivity contribution in [3.63, 3.8) is 0 Å². The van der Waals surface area contributed by atoms with Crippen molar-refractivity contribution in [1.29, 1.82) is 0 Å². The molecule has 0 saturated heterocycles. The summed E-state index contributed by atoms with van der Waals surface area (Å²) in [5.74, 6) is 1.64. The zero-order valence-electron chi connectivity index (χ0n) is 12.4. The fraction of sp³-hybridized carbons (Fsp3) is 0.235. The summed E-state index contributed by atoms with van der Waals surface area (Å²) in [6.07, 6.45) is 0. The second-order valence-electron chi connectivity index (χ2n) is 4.92. The lowest BCUT2D eigenvalue weighted by Gasteiger charge is -2.25. The Balaban J connectivity index is 2.08. The molecular weight excluding hydrogens is 318 g/mol.